The smallest absolute Gasteiger partial charge is 0.0351 e. The van der Waals surface area contributed by atoms with E-state index in [1.807, 2.05) is 0 Å². The van der Waals surface area contributed by atoms with E-state index in [0.717, 1.165) is 0 Å². The first kappa shape index (κ1) is 19.7. The van der Waals surface area contributed by atoms with E-state index >= 15 is 0 Å². The highest BCUT2D eigenvalue weighted by Crippen LogP contribution is 2.22. The zero-order valence-corrected chi connectivity index (χ0v) is 14.8. The van der Waals surface area contributed by atoms with Crippen molar-refractivity contribution in [3.63, 3.8) is 0 Å². The van der Waals surface area contributed by atoms with Gasteiger partial charge in [0.05, 0.1) is 0 Å². The Kier molecular flexibility index (Phi) is 13.5. The number of hydrogen-bond donors (Lipinski definition) is 0. The van der Waals surface area contributed by atoms with Crippen molar-refractivity contribution in [2.75, 3.05) is 0 Å². The second kappa shape index (κ2) is 13.7. The van der Waals surface area contributed by atoms with E-state index < -0.39 is 0 Å². The Bertz CT molecular complexity index is 207. The number of rotatable bonds is 13. The van der Waals surface area contributed by atoms with Crippen LogP contribution in [0.5, 0.6) is 0 Å². The monoisotopic (exact) mass is 280 g/mol. The molecule has 0 aromatic heterocycles. The average molecular weight is 281 g/mol. The Labute approximate surface area is 129 Å². The van der Waals surface area contributed by atoms with Gasteiger partial charge in [0.15, 0.2) is 0 Å². The fourth-order valence-electron chi connectivity index (χ4n) is 2.55. The summed E-state index contributed by atoms with van der Waals surface area (Å²) in [6.45, 7) is 9.32. The second-order valence-electron chi connectivity index (χ2n) is 7.54. The molecule has 0 aliphatic rings. The van der Waals surface area contributed by atoms with Crippen molar-refractivity contribution in [1.29, 1.82) is 0 Å². The van der Waals surface area contributed by atoms with Crippen molar-refractivity contribution >= 4 is 0 Å². The van der Waals surface area contributed by atoms with Gasteiger partial charge in [-0.25, -0.2) is 0 Å². The van der Waals surface area contributed by atoms with Crippen LogP contribution in [-0.4, -0.2) is 0 Å². The third kappa shape index (κ3) is 17.7. The highest BCUT2D eigenvalue weighted by atomic mass is 14.1. The van der Waals surface area contributed by atoms with Crippen LogP contribution in [0.1, 0.15) is 111 Å². The van der Waals surface area contributed by atoms with Gasteiger partial charge in [-0.2, -0.15) is 0 Å². The highest BCUT2D eigenvalue weighted by Gasteiger charge is 2.08. The molecule has 0 aromatic carbocycles. The van der Waals surface area contributed by atoms with E-state index in [1.165, 1.54) is 83.5 Å². The van der Waals surface area contributed by atoms with Gasteiger partial charge in [0.1, 0.15) is 0 Å². The molecule has 0 heterocycles. The molecule has 0 aromatic rings. The Balaban J connectivity index is 3.12. The summed E-state index contributed by atoms with van der Waals surface area (Å²) in [7, 11) is 0. The van der Waals surface area contributed by atoms with Crippen LogP contribution in [0.4, 0.5) is 0 Å². The van der Waals surface area contributed by atoms with Crippen molar-refractivity contribution in [3.05, 3.63) is 12.2 Å². The molecule has 0 amide bonds. The molecule has 0 rings (SSSR count). The maximum Gasteiger partial charge on any atom is -0.0351 e. The molecule has 0 aliphatic heterocycles. The lowest BCUT2D eigenvalue weighted by Crippen LogP contribution is -2.03. The van der Waals surface area contributed by atoms with E-state index in [9.17, 15) is 0 Å². The van der Waals surface area contributed by atoms with Crippen LogP contribution in [0.25, 0.3) is 0 Å². The molecule has 0 unspecified atom stereocenters. The summed E-state index contributed by atoms with van der Waals surface area (Å²) in [4.78, 5) is 0. The predicted octanol–water partition coefficient (Wildman–Crippen LogP) is 7.68. The van der Waals surface area contributed by atoms with E-state index in [2.05, 4.69) is 39.8 Å². The van der Waals surface area contributed by atoms with Gasteiger partial charge in [-0.15, -0.1) is 0 Å². The molecular formula is C20H40. The molecule has 0 atom stereocenters. The van der Waals surface area contributed by atoms with Gasteiger partial charge in [-0.1, -0.05) is 91.2 Å². The van der Waals surface area contributed by atoms with Crippen LogP contribution in [0, 0.1) is 5.41 Å². The summed E-state index contributed by atoms with van der Waals surface area (Å²) in [5, 5.41) is 0. The SMILES string of the molecule is CCCCCCC/C=C\CCCCCCCC(C)(C)C. The summed E-state index contributed by atoms with van der Waals surface area (Å²) in [6, 6.07) is 0. The molecule has 0 N–H and O–H groups in total. The topological polar surface area (TPSA) is 0 Å². The van der Waals surface area contributed by atoms with E-state index in [1.54, 1.807) is 0 Å². The Morgan fingerprint density at radius 3 is 1.55 bits per heavy atom. The quantitative estimate of drug-likeness (QED) is 0.240. The minimum absolute atomic E-state index is 0.528. The summed E-state index contributed by atoms with van der Waals surface area (Å²) in [5.74, 6) is 0. The normalized spacial score (nSPS) is 12.4. The van der Waals surface area contributed by atoms with Gasteiger partial charge in [0, 0.05) is 0 Å². The predicted molar refractivity (Wildman–Crippen MR) is 94.3 cm³/mol. The first-order chi connectivity index (χ1) is 9.56. The minimum atomic E-state index is 0.528. The lowest BCUT2D eigenvalue weighted by molar-refractivity contribution is 0.356. The largest absolute Gasteiger partial charge is 0.0885 e. The first-order valence-electron chi connectivity index (χ1n) is 9.21. The second-order valence-corrected chi connectivity index (χ2v) is 7.54. The van der Waals surface area contributed by atoms with Gasteiger partial charge < -0.3 is 0 Å². The lowest BCUT2D eigenvalue weighted by atomic mass is 9.89. The van der Waals surface area contributed by atoms with Crippen molar-refractivity contribution in [3.8, 4) is 0 Å². The molecule has 0 fully saturated rings. The molecule has 0 saturated carbocycles. The summed E-state index contributed by atoms with van der Waals surface area (Å²) in [5.41, 5.74) is 0.528. The van der Waals surface area contributed by atoms with Crippen LogP contribution >= 0.6 is 0 Å². The molecule has 0 heteroatoms. The van der Waals surface area contributed by atoms with Gasteiger partial charge in [0.25, 0.3) is 0 Å². The van der Waals surface area contributed by atoms with Crippen molar-refractivity contribution in [2.24, 2.45) is 5.41 Å². The summed E-state index contributed by atoms with van der Waals surface area (Å²) >= 11 is 0. The van der Waals surface area contributed by atoms with Crippen LogP contribution in [0.2, 0.25) is 0 Å². The van der Waals surface area contributed by atoms with Gasteiger partial charge in [-0.3, -0.25) is 0 Å². The van der Waals surface area contributed by atoms with E-state index in [-0.39, 0.29) is 0 Å². The third-order valence-electron chi connectivity index (χ3n) is 3.94. The molecule has 0 radical (unpaired) electrons. The molecule has 0 spiro atoms. The molecule has 0 nitrogen and oxygen atoms in total. The Morgan fingerprint density at radius 2 is 1.05 bits per heavy atom. The minimum Gasteiger partial charge on any atom is -0.0885 e. The van der Waals surface area contributed by atoms with Crippen LogP contribution < -0.4 is 0 Å². The van der Waals surface area contributed by atoms with Crippen LogP contribution in [0.3, 0.4) is 0 Å². The molecule has 120 valence electrons. The van der Waals surface area contributed by atoms with E-state index in [0.29, 0.717) is 5.41 Å². The van der Waals surface area contributed by atoms with Crippen molar-refractivity contribution in [1.82, 2.24) is 0 Å². The molecule has 20 heavy (non-hydrogen) atoms. The highest BCUT2D eigenvalue weighted by molar-refractivity contribution is 4.81. The maximum atomic E-state index is 2.41. The summed E-state index contributed by atoms with van der Waals surface area (Å²) < 4.78 is 0. The van der Waals surface area contributed by atoms with Gasteiger partial charge >= 0.3 is 0 Å². The fraction of sp³-hybridized carbons (Fsp3) is 0.900. The fourth-order valence-corrected chi connectivity index (χ4v) is 2.55. The zero-order chi connectivity index (χ0) is 15.1. The van der Waals surface area contributed by atoms with Gasteiger partial charge in [0.2, 0.25) is 0 Å². The maximum absolute atomic E-state index is 2.41. The zero-order valence-electron chi connectivity index (χ0n) is 14.8. The van der Waals surface area contributed by atoms with Gasteiger partial charge in [-0.05, 0) is 37.5 Å². The average Bonchev–Trinajstić information content (AvgIpc) is 2.38. The third-order valence-corrected chi connectivity index (χ3v) is 3.94. The molecule has 0 bridgehead atoms. The van der Waals surface area contributed by atoms with Crippen molar-refractivity contribution in [2.45, 2.75) is 111 Å². The molecule has 0 saturated heterocycles. The standard InChI is InChI=1S/C20H40/c1-5-6-7-8-9-10-11-12-13-14-15-16-17-18-19-20(2,3)4/h11-12H,5-10,13-19H2,1-4H3/b12-11-. The Morgan fingerprint density at radius 1 is 0.600 bits per heavy atom. The Hall–Kier alpha value is -0.260. The number of hydrogen-bond acceptors (Lipinski definition) is 0. The number of unbranched alkanes of at least 4 members (excludes halogenated alkanes) is 10. The molecular weight excluding hydrogens is 240 g/mol. The van der Waals surface area contributed by atoms with Crippen LogP contribution in [-0.2, 0) is 0 Å². The van der Waals surface area contributed by atoms with E-state index in [4.69, 9.17) is 0 Å². The molecule has 0 aliphatic carbocycles. The van der Waals surface area contributed by atoms with Crippen LogP contribution in [0.15, 0.2) is 12.2 Å². The first-order valence-corrected chi connectivity index (χ1v) is 9.21. The van der Waals surface area contributed by atoms with Crippen molar-refractivity contribution < 1.29 is 0 Å². The summed E-state index contributed by atoms with van der Waals surface area (Å²) in [6.07, 6.45) is 22.9. The number of allylic oxidation sites excluding steroid dienone is 2. The lowest BCUT2D eigenvalue weighted by Gasteiger charge is -2.17.